The van der Waals surface area contributed by atoms with E-state index in [4.69, 9.17) is 4.98 Å². The van der Waals surface area contributed by atoms with E-state index in [-0.39, 0.29) is 16.7 Å². The monoisotopic (exact) mass is 413 g/mol. The van der Waals surface area contributed by atoms with Crippen LogP contribution in [0.5, 0.6) is 0 Å². The van der Waals surface area contributed by atoms with Crippen LogP contribution >= 0.6 is 11.8 Å². The second-order valence-electron chi connectivity index (χ2n) is 8.13. The highest BCUT2D eigenvalue weighted by molar-refractivity contribution is 8.00. The maximum absolute atomic E-state index is 13.2. The summed E-state index contributed by atoms with van der Waals surface area (Å²) in [7, 11) is 0. The predicted molar refractivity (Wildman–Crippen MR) is 120 cm³/mol. The summed E-state index contributed by atoms with van der Waals surface area (Å²) >= 11 is 1.37. The van der Waals surface area contributed by atoms with Crippen LogP contribution in [0, 0.1) is 5.92 Å². The zero-order chi connectivity index (χ0) is 20.8. The fraction of sp³-hybridized carbons (Fsp3) is 0.522. The van der Waals surface area contributed by atoms with Crippen LogP contribution in [-0.4, -0.2) is 27.3 Å². The van der Waals surface area contributed by atoms with Gasteiger partial charge in [0.15, 0.2) is 5.16 Å². The van der Waals surface area contributed by atoms with E-state index in [1.807, 2.05) is 31.2 Å². The first-order valence-electron chi connectivity index (χ1n) is 10.6. The maximum atomic E-state index is 13.2. The number of fused-ring (bicyclic) bond motifs is 1. The van der Waals surface area contributed by atoms with Crippen molar-refractivity contribution in [2.24, 2.45) is 5.92 Å². The van der Waals surface area contributed by atoms with E-state index in [1.165, 1.54) is 30.2 Å². The Morgan fingerprint density at radius 1 is 1.24 bits per heavy atom. The van der Waals surface area contributed by atoms with E-state index < -0.39 is 0 Å². The van der Waals surface area contributed by atoms with Crippen molar-refractivity contribution in [1.29, 1.82) is 0 Å². The number of amides is 1. The standard InChI is InChI=1S/C23H31N3O2S/c1-16(2)15-24-21(27)17(3)29-23-25-20-12-8-7-11-19(20)22(28)26(23)14-13-18-9-5-4-6-10-18/h7-9,11-12,16-17H,4-6,10,13-15H2,1-3H3,(H,24,27). The molecule has 0 radical (unpaired) electrons. The molecule has 6 heteroatoms. The molecule has 29 heavy (non-hydrogen) atoms. The highest BCUT2D eigenvalue weighted by Gasteiger charge is 2.19. The summed E-state index contributed by atoms with van der Waals surface area (Å²) in [6, 6.07) is 7.44. The number of hydrogen-bond acceptors (Lipinski definition) is 4. The van der Waals surface area contributed by atoms with Gasteiger partial charge in [-0.2, -0.15) is 0 Å². The molecule has 0 saturated carbocycles. The van der Waals surface area contributed by atoms with Gasteiger partial charge in [-0.05, 0) is 57.1 Å². The smallest absolute Gasteiger partial charge is 0.262 e. The predicted octanol–water partition coefficient (Wildman–Crippen LogP) is 4.54. The van der Waals surface area contributed by atoms with Gasteiger partial charge in [0.05, 0.1) is 16.2 Å². The third kappa shape index (κ3) is 5.72. The average molecular weight is 414 g/mol. The number of carbonyl (C=O) groups is 1. The SMILES string of the molecule is CC(C)CNC(=O)C(C)Sc1nc2ccccc2c(=O)n1CCC1=CCCCC1. The highest BCUT2D eigenvalue weighted by atomic mass is 32.2. The second kappa shape index (κ2) is 10.1. The first kappa shape index (κ1) is 21.6. The van der Waals surface area contributed by atoms with Crippen LogP contribution < -0.4 is 10.9 Å². The third-order valence-corrected chi connectivity index (χ3v) is 6.29. The van der Waals surface area contributed by atoms with Crippen molar-refractivity contribution in [2.75, 3.05) is 6.54 Å². The molecular formula is C23H31N3O2S. The molecule has 2 aromatic rings. The summed E-state index contributed by atoms with van der Waals surface area (Å²) in [5.74, 6) is 0.379. The zero-order valence-corrected chi connectivity index (χ0v) is 18.4. The molecular weight excluding hydrogens is 382 g/mol. The first-order valence-corrected chi connectivity index (χ1v) is 11.5. The highest BCUT2D eigenvalue weighted by Crippen LogP contribution is 2.25. The molecule has 1 unspecified atom stereocenters. The van der Waals surface area contributed by atoms with Crippen LogP contribution in [0.1, 0.15) is 52.9 Å². The van der Waals surface area contributed by atoms with Crippen LogP contribution in [-0.2, 0) is 11.3 Å². The maximum Gasteiger partial charge on any atom is 0.262 e. The Morgan fingerprint density at radius 3 is 2.76 bits per heavy atom. The molecule has 1 N–H and O–H groups in total. The largest absolute Gasteiger partial charge is 0.355 e. The van der Waals surface area contributed by atoms with Crippen molar-refractivity contribution in [2.45, 2.75) is 69.8 Å². The quantitative estimate of drug-likeness (QED) is 0.392. The van der Waals surface area contributed by atoms with Gasteiger partial charge < -0.3 is 5.32 Å². The minimum absolute atomic E-state index is 0.0207. The Balaban J connectivity index is 1.86. The van der Waals surface area contributed by atoms with E-state index in [9.17, 15) is 9.59 Å². The normalized spacial score (nSPS) is 15.4. The van der Waals surface area contributed by atoms with Gasteiger partial charge in [0.2, 0.25) is 5.91 Å². The van der Waals surface area contributed by atoms with Gasteiger partial charge >= 0.3 is 0 Å². The van der Waals surface area contributed by atoms with Gasteiger partial charge in [0.25, 0.3) is 5.56 Å². The number of nitrogens with zero attached hydrogens (tertiary/aromatic N) is 2. The van der Waals surface area contributed by atoms with Crippen LogP contribution in [0.25, 0.3) is 10.9 Å². The van der Waals surface area contributed by atoms with Crippen LogP contribution in [0.4, 0.5) is 0 Å². The van der Waals surface area contributed by atoms with E-state index >= 15 is 0 Å². The molecule has 0 bridgehead atoms. The molecule has 1 aromatic carbocycles. The van der Waals surface area contributed by atoms with E-state index in [0.29, 0.717) is 35.1 Å². The molecule has 1 atom stereocenters. The molecule has 1 heterocycles. The molecule has 0 aliphatic heterocycles. The zero-order valence-electron chi connectivity index (χ0n) is 17.6. The summed E-state index contributed by atoms with van der Waals surface area (Å²) in [5, 5.41) is 3.91. The fourth-order valence-corrected chi connectivity index (χ4v) is 4.44. The fourth-order valence-electron chi connectivity index (χ4n) is 3.48. The first-order chi connectivity index (χ1) is 14.0. The summed E-state index contributed by atoms with van der Waals surface area (Å²) in [6.07, 6.45) is 7.91. The lowest BCUT2D eigenvalue weighted by molar-refractivity contribution is -0.120. The van der Waals surface area contributed by atoms with Crippen molar-refractivity contribution in [3.05, 3.63) is 46.3 Å². The number of para-hydroxylation sites is 1. The van der Waals surface area contributed by atoms with Crippen molar-refractivity contribution in [1.82, 2.24) is 14.9 Å². The van der Waals surface area contributed by atoms with Crippen molar-refractivity contribution >= 4 is 28.6 Å². The Morgan fingerprint density at radius 2 is 2.03 bits per heavy atom. The molecule has 156 valence electrons. The minimum atomic E-state index is -0.318. The van der Waals surface area contributed by atoms with E-state index in [1.54, 1.807) is 4.57 Å². The van der Waals surface area contributed by atoms with Crippen molar-refractivity contribution in [3.63, 3.8) is 0 Å². The topological polar surface area (TPSA) is 64.0 Å². The number of hydrogen-bond donors (Lipinski definition) is 1. The molecule has 1 aliphatic rings. The number of aromatic nitrogens is 2. The summed E-state index contributed by atoms with van der Waals surface area (Å²) in [4.78, 5) is 30.4. The third-order valence-electron chi connectivity index (χ3n) is 5.20. The lowest BCUT2D eigenvalue weighted by Gasteiger charge is -2.18. The number of thioether (sulfide) groups is 1. The van der Waals surface area contributed by atoms with Crippen LogP contribution in [0.15, 0.2) is 45.9 Å². The molecule has 1 amide bonds. The Kier molecular flexibility index (Phi) is 7.53. The lowest BCUT2D eigenvalue weighted by Crippen LogP contribution is -2.34. The Bertz CT molecular complexity index is 949. The van der Waals surface area contributed by atoms with Gasteiger partial charge in [-0.1, -0.05) is 49.4 Å². The average Bonchev–Trinajstić information content (AvgIpc) is 2.72. The minimum Gasteiger partial charge on any atom is -0.355 e. The number of carbonyl (C=O) groups excluding carboxylic acids is 1. The summed E-state index contributed by atoms with van der Waals surface area (Å²) < 4.78 is 1.76. The van der Waals surface area contributed by atoms with Gasteiger partial charge in [0, 0.05) is 13.1 Å². The van der Waals surface area contributed by atoms with Gasteiger partial charge in [-0.15, -0.1) is 0 Å². The van der Waals surface area contributed by atoms with Crippen molar-refractivity contribution < 1.29 is 4.79 Å². The second-order valence-corrected chi connectivity index (χ2v) is 9.43. The molecule has 1 aliphatic carbocycles. The molecule has 0 spiro atoms. The Hall–Kier alpha value is -2.08. The van der Waals surface area contributed by atoms with Crippen molar-refractivity contribution in [3.8, 4) is 0 Å². The number of allylic oxidation sites excluding steroid dienone is 2. The summed E-state index contributed by atoms with van der Waals surface area (Å²) in [5.41, 5.74) is 2.09. The van der Waals surface area contributed by atoms with E-state index in [2.05, 4.69) is 25.2 Å². The number of rotatable bonds is 8. The van der Waals surface area contributed by atoms with Gasteiger partial charge in [-0.25, -0.2) is 4.98 Å². The van der Waals surface area contributed by atoms with E-state index in [0.717, 1.165) is 19.3 Å². The molecule has 5 nitrogen and oxygen atoms in total. The Labute approximate surface area is 177 Å². The number of nitrogens with one attached hydrogen (secondary N) is 1. The lowest BCUT2D eigenvalue weighted by atomic mass is 9.97. The molecule has 3 rings (SSSR count). The van der Waals surface area contributed by atoms with Crippen LogP contribution in [0.2, 0.25) is 0 Å². The van der Waals surface area contributed by atoms with Crippen LogP contribution in [0.3, 0.4) is 0 Å². The number of benzene rings is 1. The van der Waals surface area contributed by atoms with Gasteiger partial charge in [-0.3, -0.25) is 14.2 Å². The molecule has 0 saturated heterocycles. The summed E-state index contributed by atoms with van der Waals surface area (Å²) in [6.45, 7) is 7.26. The molecule has 0 fully saturated rings. The van der Waals surface area contributed by atoms with Gasteiger partial charge in [0.1, 0.15) is 0 Å². The molecule has 1 aromatic heterocycles.